The predicted octanol–water partition coefficient (Wildman–Crippen LogP) is 3.16. The molecule has 1 fully saturated rings. The van der Waals surface area contributed by atoms with E-state index in [-0.39, 0.29) is 5.91 Å². The summed E-state index contributed by atoms with van der Waals surface area (Å²) in [4.78, 5) is 26.4. The van der Waals surface area contributed by atoms with E-state index in [9.17, 15) is 14.7 Å². The first kappa shape index (κ1) is 15.8. The zero-order valence-corrected chi connectivity index (χ0v) is 14.0. The number of methoxy groups -OCH3 is 1. The Labute approximate surface area is 138 Å². The van der Waals surface area contributed by atoms with E-state index in [1.807, 2.05) is 25.1 Å². The van der Waals surface area contributed by atoms with Gasteiger partial charge in [-0.05, 0) is 48.9 Å². The molecule has 2 aromatic rings. The minimum absolute atomic E-state index is 0.0615. The van der Waals surface area contributed by atoms with Gasteiger partial charge in [0, 0.05) is 17.8 Å². The van der Waals surface area contributed by atoms with Gasteiger partial charge in [0.15, 0.2) is 0 Å². The van der Waals surface area contributed by atoms with Crippen LogP contribution in [0.5, 0.6) is 5.75 Å². The number of aliphatic carboxylic acids is 1. The highest BCUT2D eigenvalue weighted by Crippen LogP contribution is 2.34. The lowest BCUT2D eigenvalue weighted by Gasteiger charge is -2.30. The summed E-state index contributed by atoms with van der Waals surface area (Å²) >= 11 is 1.46. The number of benzene rings is 1. The first-order chi connectivity index (χ1) is 11.0. The van der Waals surface area contributed by atoms with Crippen molar-refractivity contribution in [3.63, 3.8) is 0 Å². The second-order valence-electron chi connectivity index (χ2n) is 5.85. The van der Waals surface area contributed by atoms with Gasteiger partial charge in [-0.2, -0.15) is 0 Å². The number of hydrogen-bond acceptors (Lipinski definition) is 4. The number of ether oxygens (including phenoxy) is 1. The molecule has 0 spiro atoms. The van der Waals surface area contributed by atoms with Crippen LogP contribution in [0.3, 0.4) is 0 Å². The molecule has 0 saturated carbocycles. The average molecular weight is 333 g/mol. The summed E-state index contributed by atoms with van der Waals surface area (Å²) in [6, 6.07) is 5.78. The van der Waals surface area contributed by atoms with Gasteiger partial charge in [-0.3, -0.25) is 9.59 Å². The van der Waals surface area contributed by atoms with Gasteiger partial charge < -0.3 is 14.7 Å². The Balaban J connectivity index is 1.91. The number of hydrogen-bond donors (Lipinski definition) is 1. The van der Waals surface area contributed by atoms with E-state index in [1.54, 1.807) is 12.0 Å². The maximum atomic E-state index is 12.8. The van der Waals surface area contributed by atoms with Crippen molar-refractivity contribution < 1.29 is 19.4 Å². The van der Waals surface area contributed by atoms with Gasteiger partial charge in [0.2, 0.25) is 0 Å². The molecule has 1 aliphatic heterocycles. The van der Waals surface area contributed by atoms with Crippen molar-refractivity contribution in [2.45, 2.75) is 19.8 Å². The molecule has 23 heavy (non-hydrogen) atoms. The monoisotopic (exact) mass is 333 g/mol. The zero-order valence-electron chi connectivity index (χ0n) is 13.2. The number of thiophene rings is 1. The number of likely N-dealkylation sites (tertiary alicyclic amines) is 1. The Morgan fingerprint density at radius 3 is 2.87 bits per heavy atom. The molecule has 5 nitrogen and oxygen atoms in total. The van der Waals surface area contributed by atoms with E-state index < -0.39 is 11.9 Å². The fraction of sp³-hybridized carbons (Fsp3) is 0.412. The fourth-order valence-corrected chi connectivity index (χ4v) is 4.20. The maximum Gasteiger partial charge on any atom is 0.308 e. The second-order valence-corrected chi connectivity index (χ2v) is 6.90. The number of aryl methyl sites for hydroxylation is 1. The van der Waals surface area contributed by atoms with E-state index in [2.05, 4.69) is 0 Å². The molecular formula is C17H19NO4S. The van der Waals surface area contributed by atoms with Gasteiger partial charge in [0.25, 0.3) is 5.91 Å². The molecule has 0 unspecified atom stereocenters. The van der Waals surface area contributed by atoms with E-state index >= 15 is 0 Å². The second kappa shape index (κ2) is 6.20. The lowest BCUT2D eigenvalue weighted by atomic mass is 9.98. The van der Waals surface area contributed by atoms with Crippen molar-refractivity contribution in [1.82, 2.24) is 4.90 Å². The van der Waals surface area contributed by atoms with E-state index in [0.29, 0.717) is 24.4 Å². The Morgan fingerprint density at radius 2 is 2.17 bits per heavy atom. The van der Waals surface area contributed by atoms with Crippen molar-refractivity contribution in [2.24, 2.45) is 5.92 Å². The molecule has 0 bridgehead atoms. The highest BCUT2D eigenvalue weighted by atomic mass is 32.1. The van der Waals surface area contributed by atoms with Crippen LogP contribution in [0.4, 0.5) is 0 Å². The summed E-state index contributed by atoms with van der Waals surface area (Å²) in [7, 11) is 1.62. The number of carbonyl (C=O) groups excluding carboxylic acids is 1. The van der Waals surface area contributed by atoms with Crippen molar-refractivity contribution in [3.05, 3.63) is 28.6 Å². The molecular weight excluding hydrogens is 314 g/mol. The zero-order chi connectivity index (χ0) is 16.6. The number of nitrogens with zero attached hydrogens (tertiary/aromatic N) is 1. The van der Waals surface area contributed by atoms with Crippen molar-refractivity contribution >= 4 is 33.3 Å². The third-order valence-electron chi connectivity index (χ3n) is 4.40. The predicted molar refractivity (Wildman–Crippen MR) is 89.4 cm³/mol. The van der Waals surface area contributed by atoms with Gasteiger partial charge in [0.05, 0.1) is 17.9 Å². The summed E-state index contributed by atoms with van der Waals surface area (Å²) in [5.41, 5.74) is 0.936. The Hall–Kier alpha value is -2.08. The van der Waals surface area contributed by atoms with Crippen molar-refractivity contribution in [3.8, 4) is 5.75 Å². The molecule has 122 valence electrons. The number of carboxylic acids is 1. The Morgan fingerprint density at radius 1 is 1.39 bits per heavy atom. The van der Waals surface area contributed by atoms with Crippen LogP contribution in [0.25, 0.3) is 10.1 Å². The van der Waals surface area contributed by atoms with Gasteiger partial charge in [0.1, 0.15) is 5.75 Å². The van der Waals surface area contributed by atoms with Gasteiger partial charge in [-0.15, -0.1) is 11.3 Å². The first-order valence-electron chi connectivity index (χ1n) is 7.60. The number of fused-ring (bicyclic) bond motifs is 1. The highest BCUT2D eigenvalue weighted by molar-refractivity contribution is 7.21. The normalized spacial score (nSPS) is 18.2. The third-order valence-corrected chi connectivity index (χ3v) is 5.66. The molecule has 1 amide bonds. The standard InChI is InChI=1S/C17H19NO4S/c1-10-13-8-12(22-2)5-6-14(13)23-15(10)16(19)18-7-3-4-11(9-18)17(20)21/h5-6,8,11H,3-4,7,9H2,1-2H3,(H,20,21)/t11-/m1/s1. The van der Waals surface area contributed by atoms with E-state index in [0.717, 1.165) is 27.8 Å². The minimum Gasteiger partial charge on any atom is -0.497 e. The number of carboxylic acid groups (broad SMARTS) is 1. The van der Waals surface area contributed by atoms with E-state index in [1.165, 1.54) is 11.3 Å². The van der Waals surface area contributed by atoms with Gasteiger partial charge in [-0.25, -0.2) is 0 Å². The summed E-state index contributed by atoms with van der Waals surface area (Å²) in [6.45, 7) is 2.86. The number of rotatable bonds is 3. The van der Waals surface area contributed by atoms with Crippen LogP contribution in [-0.2, 0) is 4.79 Å². The minimum atomic E-state index is -0.819. The van der Waals surface area contributed by atoms with Crippen LogP contribution in [0.2, 0.25) is 0 Å². The molecule has 0 aliphatic carbocycles. The molecule has 1 N–H and O–H groups in total. The molecule has 1 atom stereocenters. The third kappa shape index (κ3) is 2.91. The summed E-state index contributed by atoms with van der Waals surface area (Å²) in [6.07, 6.45) is 1.38. The lowest BCUT2D eigenvalue weighted by Crippen LogP contribution is -2.42. The van der Waals surface area contributed by atoms with Crippen LogP contribution < -0.4 is 4.74 Å². The number of amides is 1. The molecule has 6 heteroatoms. The van der Waals surface area contributed by atoms with E-state index in [4.69, 9.17) is 4.74 Å². The first-order valence-corrected chi connectivity index (χ1v) is 8.42. The summed E-state index contributed by atoms with van der Waals surface area (Å²) in [5.74, 6) is -0.572. The molecule has 1 saturated heterocycles. The molecule has 0 radical (unpaired) electrons. The van der Waals surface area contributed by atoms with Crippen LogP contribution in [0.1, 0.15) is 28.1 Å². The molecule has 1 aliphatic rings. The summed E-state index contributed by atoms with van der Waals surface area (Å²) in [5, 5.41) is 10.2. The SMILES string of the molecule is COc1ccc2sc(C(=O)N3CCC[C@@H](C(=O)O)C3)c(C)c2c1. The van der Waals surface area contributed by atoms with Gasteiger partial charge >= 0.3 is 5.97 Å². The maximum absolute atomic E-state index is 12.8. The average Bonchev–Trinajstić information content (AvgIpc) is 2.90. The largest absolute Gasteiger partial charge is 0.497 e. The number of carbonyl (C=O) groups is 2. The number of piperidine rings is 1. The Kier molecular flexibility index (Phi) is 4.26. The highest BCUT2D eigenvalue weighted by Gasteiger charge is 2.30. The molecule has 3 rings (SSSR count). The van der Waals surface area contributed by atoms with Crippen LogP contribution in [0, 0.1) is 12.8 Å². The van der Waals surface area contributed by atoms with Crippen LogP contribution in [-0.4, -0.2) is 42.1 Å². The summed E-state index contributed by atoms with van der Waals surface area (Å²) < 4.78 is 6.29. The van der Waals surface area contributed by atoms with Crippen LogP contribution >= 0.6 is 11.3 Å². The quantitative estimate of drug-likeness (QED) is 0.937. The molecule has 1 aromatic carbocycles. The van der Waals surface area contributed by atoms with Crippen LogP contribution in [0.15, 0.2) is 18.2 Å². The fourth-order valence-electron chi connectivity index (χ4n) is 3.04. The smallest absolute Gasteiger partial charge is 0.308 e. The Bertz CT molecular complexity index is 767. The topological polar surface area (TPSA) is 66.8 Å². The van der Waals surface area contributed by atoms with Crippen molar-refractivity contribution in [2.75, 3.05) is 20.2 Å². The van der Waals surface area contributed by atoms with Crippen molar-refractivity contribution in [1.29, 1.82) is 0 Å². The van der Waals surface area contributed by atoms with Gasteiger partial charge in [-0.1, -0.05) is 0 Å². The molecule has 1 aromatic heterocycles. The molecule has 2 heterocycles. The lowest BCUT2D eigenvalue weighted by molar-refractivity contribution is -0.143.